The Hall–Kier alpha value is -0.740. The summed E-state index contributed by atoms with van der Waals surface area (Å²) in [6.45, 7) is 0.444. The van der Waals surface area contributed by atoms with Crippen LogP contribution in [-0.4, -0.2) is 26.5 Å². The van der Waals surface area contributed by atoms with Crippen LogP contribution in [0.2, 0.25) is 5.02 Å². The topological polar surface area (TPSA) is 70.0 Å². The van der Waals surface area contributed by atoms with E-state index in [1.165, 1.54) is 18.2 Å². The number of nitriles is 1. The van der Waals surface area contributed by atoms with E-state index in [0.717, 1.165) is 24.3 Å². The van der Waals surface area contributed by atoms with Crippen molar-refractivity contribution >= 4 is 33.4 Å². The number of rotatable bonds is 4. The lowest BCUT2D eigenvalue weighted by Crippen LogP contribution is -2.31. The Labute approximate surface area is 128 Å². The Morgan fingerprint density at radius 2 is 2.10 bits per heavy atom. The van der Waals surface area contributed by atoms with E-state index in [0.29, 0.717) is 18.0 Å². The molecular weight excluding hydrogens is 316 g/mol. The van der Waals surface area contributed by atoms with E-state index in [-0.39, 0.29) is 9.92 Å². The fraction of sp³-hybridized carbons (Fsp3) is 0.462. The van der Waals surface area contributed by atoms with Crippen LogP contribution in [0.4, 0.5) is 0 Å². The monoisotopic (exact) mass is 330 g/mol. The summed E-state index contributed by atoms with van der Waals surface area (Å²) < 4.78 is 27.0. The zero-order valence-corrected chi connectivity index (χ0v) is 13.2. The second-order valence-electron chi connectivity index (χ2n) is 4.66. The van der Waals surface area contributed by atoms with E-state index in [9.17, 15) is 8.42 Å². The van der Waals surface area contributed by atoms with Gasteiger partial charge in [0.2, 0.25) is 10.0 Å². The van der Waals surface area contributed by atoms with Crippen molar-refractivity contribution in [2.24, 2.45) is 5.92 Å². The molecule has 108 valence electrons. The number of sulfonamides is 1. The maximum atomic E-state index is 12.2. The van der Waals surface area contributed by atoms with Gasteiger partial charge in [0.1, 0.15) is 4.90 Å². The molecule has 1 aromatic rings. The highest BCUT2D eigenvalue weighted by molar-refractivity contribution is 7.99. The minimum atomic E-state index is -3.61. The minimum Gasteiger partial charge on any atom is -0.211 e. The highest BCUT2D eigenvalue weighted by Crippen LogP contribution is 2.24. The summed E-state index contributed by atoms with van der Waals surface area (Å²) in [6, 6.07) is 6.13. The van der Waals surface area contributed by atoms with E-state index in [4.69, 9.17) is 16.9 Å². The minimum absolute atomic E-state index is 0.0309. The van der Waals surface area contributed by atoms with Crippen molar-refractivity contribution in [3.63, 3.8) is 0 Å². The Morgan fingerprint density at radius 3 is 2.70 bits per heavy atom. The molecule has 7 heteroatoms. The SMILES string of the molecule is N#Cc1ccc(S(=O)(=O)NCC2CCSCC2)c(Cl)c1. The van der Waals surface area contributed by atoms with E-state index < -0.39 is 10.0 Å². The van der Waals surface area contributed by atoms with Gasteiger partial charge < -0.3 is 0 Å². The fourth-order valence-corrected chi connectivity index (χ4v) is 4.91. The molecule has 1 aliphatic heterocycles. The van der Waals surface area contributed by atoms with Gasteiger partial charge in [-0.25, -0.2) is 13.1 Å². The molecule has 0 radical (unpaired) electrons. The second kappa shape index (κ2) is 6.81. The van der Waals surface area contributed by atoms with Crippen LogP contribution < -0.4 is 4.72 Å². The lowest BCUT2D eigenvalue weighted by molar-refractivity contribution is 0.476. The first-order valence-corrected chi connectivity index (χ1v) is 9.31. The number of hydrogen-bond donors (Lipinski definition) is 1. The number of nitrogens with one attached hydrogen (secondary N) is 1. The first kappa shape index (κ1) is 15.6. The third-order valence-electron chi connectivity index (χ3n) is 3.25. The summed E-state index contributed by atoms with van der Waals surface area (Å²) in [7, 11) is -3.61. The van der Waals surface area contributed by atoms with Crippen LogP contribution >= 0.6 is 23.4 Å². The smallest absolute Gasteiger partial charge is 0.211 e. The van der Waals surface area contributed by atoms with Gasteiger partial charge in [-0.15, -0.1) is 0 Å². The Balaban J connectivity index is 2.08. The molecule has 0 unspecified atom stereocenters. The number of hydrogen-bond acceptors (Lipinski definition) is 4. The number of benzene rings is 1. The second-order valence-corrected chi connectivity index (χ2v) is 8.03. The summed E-state index contributed by atoms with van der Waals surface area (Å²) in [5.41, 5.74) is 0.346. The molecule has 4 nitrogen and oxygen atoms in total. The van der Waals surface area contributed by atoms with Crippen LogP contribution in [0.1, 0.15) is 18.4 Å². The van der Waals surface area contributed by atoms with Gasteiger partial charge in [0.25, 0.3) is 0 Å². The van der Waals surface area contributed by atoms with Gasteiger partial charge in [-0.2, -0.15) is 17.0 Å². The molecule has 0 amide bonds. The highest BCUT2D eigenvalue weighted by Gasteiger charge is 2.21. The molecule has 2 rings (SSSR count). The summed E-state index contributed by atoms with van der Waals surface area (Å²) >= 11 is 7.85. The van der Waals surface area contributed by atoms with E-state index >= 15 is 0 Å². The number of nitrogens with zero attached hydrogens (tertiary/aromatic N) is 1. The number of thioether (sulfide) groups is 1. The third kappa shape index (κ3) is 3.89. The van der Waals surface area contributed by atoms with Crippen LogP contribution in [0, 0.1) is 17.2 Å². The van der Waals surface area contributed by atoms with Crippen LogP contribution in [0.15, 0.2) is 23.1 Å². The predicted molar refractivity (Wildman–Crippen MR) is 81.4 cm³/mol. The van der Waals surface area contributed by atoms with E-state index in [2.05, 4.69) is 4.72 Å². The van der Waals surface area contributed by atoms with Crippen molar-refractivity contribution in [1.82, 2.24) is 4.72 Å². The van der Waals surface area contributed by atoms with Crippen molar-refractivity contribution in [2.75, 3.05) is 18.1 Å². The zero-order valence-electron chi connectivity index (χ0n) is 10.8. The molecule has 0 saturated carbocycles. The van der Waals surface area contributed by atoms with Crippen molar-refractivity contribution < 1.29 is 8.42 Å². The maximum absolute atomic E-state index is 12.2. The van der Waals surface area contributed by atoms with Crippen molar-refractivity contribution in [3.05, 3.63) is 28.8 Å². The molecule has 1 fully saturated rings. The van der Waals surface area contributed by atoms with Crippen LogP contribution in [-0.2, 0) is 10.0 Å². The molecule has 1 N–H and O–H groups in total. The summed E-state index contributed by atoms with van der Waals surface area (Å²) in [6.07, 6.45) is 2.07. The molecule has 20 heavy (non-hydrogen) atoms. The molecule has 1 aromatic carbocycles. The van der Waals surface area contributed by atoms with Crippen LogP contribution in [0.25, 0.3) is 0 Å². The summed E-state index contributed by atoms with van der Waals surface area (Å²) in [4.78, 5) is 0.0309. The molecule has 0 bridgehead atoms. The first-order chi connectivity index (χ1) is 9.53. The van der Waals surface area contributed by atoms with Gasteiger partial charge in [0.05, 0.1) is 16.7 Å². The lowest BCUT2D eigenvalue weighted by Gasteiger charge is -2.21. The van der Waals surface area contributed by atoms with Gasteiger partial charge in [-0.05, 0) is 48.5 Å². The molecule has 0 aliphatic carbocycles. The molecule has 1 saturated heterocycles. The normalized spacial score (nSPS) is 16.8. The largest absolute Gasteiger partial charge is 0.242 e. The van der Waals surface area contributed by atoms with Crippen molar-refractivity contribution in [1.29, 1.82) is 5.26 Å². The zero-order chi connectivity index (χ0) is 14.6. The summed E-state index contributed by atoms with van der Waals surface area (Å²) in [5.74, 6) is 2.57. The fourth-order valence-electron chi connectivity index (χ4n) is 2.04. The Kier molecular flexibility index (Phi) is 5.33. The van der Waals surface area contributed by atoms with Gasteiger partial charge in [-0.3, -0.25) is 0 Å². The molecule has 1 heterocycles. The quantitative estimate of drug-likeness (QED) is 0.921. The van der Waals surface area contributed by atoms with E-state index in [1.807, 2.05) is 17.8 Å². The van der Waals surface area contributed by atoms with Gasteiger partial charge in [-0.1, -0.05) is 11.6 Å². The molecular formula is C13H15ClN2O2S2. The Morgan fingerprint density at radius 1 is 1.40 bits per heavy atom. The average Bonchev–Trinajstić information content (AvgIpc) is 2.46. The highest BCUT2D eigenvalue weighted by atomic mass is 35.5. The molecule has 1 aliphatic rings. The molecule has 0 aromatic heterocycles. The van der Waals surface area contributed by atoms with E-state index in [1.54, 1.807) is 0 Å². The average molecular weight is 331 g/mol. The van der Waals surface area contributed by atoms with Crippen molar-refractivity contribution in [2.45, 2.75) is 17.7 Å². The maximum Gasteiger partial charge on any atom is 0.242 e. The van der Waals surface area contributed by atoms with Gasteiger partial charge in [0.15, 0.2) is 0 Å². The molecule has 0 atom stereocenters. The molecule has 0 spiro atoms. The van der Waals surface area contributed by atoms with Gasteiger partial charge >= 0.3 is 0 Å². The predicted octanol–water partition coefficient (Wildman–Crippen LogP) is 2.63. The first-order valence-electron chi connectivity index (χ1n) is 6.30. The van der Waals surface area contributed by atoms with Crippen LogP contribution in [0.3, 0.4) is 0 Å². The van der Waals surface area contributed by atoms with Gasteiger partial charge in [0, 0.05) is 6.54 Å². The third-order valence-corrected chi connectivity index (χ3v) is 6.21. The lowest BCUT2D eigenvalue weighted by atomic mass is 10.0. The van der Waals surface area contributed by atoms with Crippen molar-refractivity contribution in [3.8, 4) is 6.07 Å². The Bertz CT molecular complexity index is 620. The standard InChI is InChI=1S/C13H15ClN2O2S2/c14-12-7-11(8-15)1-2-13(12)20(17,18)16-9-10-3-5-19-6-4-10/h1-2,7,10,16H,3-6,9H2. The number of halogens is 1. The van der Waals surface area contributed by atoms with Crippen LogP contribution in [0.5, 0.6) is 0 Å². The summed E-state index contributed by atoms with van der Waals surface area (Å²) in [5, 5.41) is 8.83.